The Morgan fingerprint density at radius 3 is 2.17 bits per heavy atom. The molecular weight excluding hydrogens is 364 g/mol. The molecule has 0 spiro atoms. The quantitative estimate of drug-likeness (QED) is 0.647. The average molecular weight is 397 g/mol. The minimum absolute atomic E-state index is 0.0536. The van der Waals surface area contributed by atoms with E-state index in [1.165, 1.54) is 0 Å². The molecule has 2 aromatic rings. The number of para-hydroxylation sites is 1. The summed E-state index contributed by atoms with van der Waals surface area (Å²) in [4.78, 5) is 27.3. The lowest BCUT2D eigenvalue weighted by Crippen LogP contribution is -2.52. The smallest absolute Gasteiger partial charge is 0.242 e. The van der Waals surface area contributed by atoms with Crippen LogP contribution >= 0.6 is 0 Å². The van der Waals surface area contributed by atoms with Crippen LogP contribution in [0, 0.1) is 0 Å². The highest BCUT2D eigenvalue weighted by atomic mass is 16.5. The van der Waals surface area contributed by atoms with Crippen molar-refractivity contribution < 1.29 is 14.3 Å². The third-order valence-corrected chi connectivity index (χ3v) is 4.41. The predicted molar refractivity (Wildman–Crippen MR) is 116 cm³/mol. The first-order valence-corrected chi connectivity index (χ1v) is 10.1. The minimum atomic E-state index is -0.558. The van der Waals surface area contributed by atoms with Crippen molar-refractivity contribution >= 4 is 11.8 Å². The van der Waals surface area contributed by atoms with Gasteiger partial charge in [-0.05, 0) is 51.8 Å². The second kappa shape index (κ2) is 10.6. The largest absolute Gasteiger partial charge is 0.494 e. The summed E-state index contributed by atoms with van der Waals surface area (Å²) in [5, 5.41) is 2.97. The fourth-order valence-corrected chi connectivity index (χ4v) is 2.91. The number of rotatable bonds is 9. The highest BCUT2D eigenvalue weighted by Gasteiger charge is 2.28. The molecule has 2 aromatic carbocycles. The Labute approximate surface area is 174 Å². The zero-order chi connectivity index (χ0) is 21.3. The van der Waals surface area contributed by atoms with E-state index in [0.29, 0.717) is 26.0 Å². The Hall–Kier alpha value is -2.82. The van der Waals surface area contributed by atoms with E-state index in [0.717, 1.165) is 11.3 Å². The first-order chi connectivity index (χ1) is 13.8. The topological polar surface area (TPSA) is 58.6 Å². The monoisotopic (exact) mass is 396 g/mol. The van der Waals surface area contributed by atoms with E-state index in [-0.39, 0.29) is 17.4 Å². The molecule has 2 amide bonds. The van der Waals surface area contributed by atoms with E-state index >= 15 is 0 Å². The van der Waals surface area contributed by atoms with E-state index in [1.807, 2.05) is 81.4 Å². The first kappa shape index (κ1) is 22.5. The van der Waals surface area contributed by atoms with E-state index in [1.54, 1.807) is 11.8 Å². The summed E-state index contributed by atoms with van der Waals surface area (Å²) in [6, 6.07) is 18.7. The van der Waals surface area contributed by atoms with Gasteiger partial charge in [0.15, 0.2) is 0 Å². The lowest BCUT2D eigenvalue weighted by Gasteiger charge is -2.31. The number of hydrogen-bond donors (Lipinski definition) is 1. The van der Waals surface area contributed by atoms with Gasteiger partial charge in [-0.15, -0.1) is 0 Å². The van der Waals surface area contributed by atoms with Crippen LogP contribution in [0.25, 0.3) is 0 Å². The fourth-order valence-electron chi connectivity index (χ4n) is 2.91. The minimum Gasteiger partial charge on any atom is -0.494 e. The van der Waals surface area contributed by atoms with Crippen LogP contribution in [-0.4, -0.2) is 34.9 Å². The van der Waals surface area contributed by atoms with Crippen LogP contribution in [0.2, 0.25) is 0 Å². The zero-order valence-electron chi connectivity index (χ0n) is 17.9. The van der Waals surface area contributed by atoms with E-state index in [2.05, 4.69) is 5.32 Å². The Kier molecular flexibility index (Phi) is 8.25. The van der Waals surface area contributed by atoms with Crippen LogP contribution in [0.4, 0.5) is 0 Å². The molecule has 156 valence electrons. The number of nitrogens with zero attached hydrogens (tertiary/aromatic N) is 1. The summed E-state index contributed by atoms with van der Waals surface area (Å²) >= 11 is 0. The molecule has 0 aromatic heterocycles. The van der Waals surface area contributed by atoms with Gasteiger partial charge in [0.25, 0.3) is 0 Å². The highest BCUT2D eigenvalue weighted by molar-refractivity contribution is 5.87. The molecule has 1 N–H and O–H groups in total. The van der Waals surface area contributed by atoms with Gasteiger partial charge in [-0.3, -0.25) is 9.59 Å². The van der Waals surface area contributed by atoms with Crippen LogP contribution in [0.3, 0.4) is 0 Å². The summed E-state index contributed by atoms with van der Waals surface area (Å²) in [7, 11) is 0. The second-order valence-electron chi connectivity index (χ2n) is 8.19. The molecule has 0 bridgehead atoms. The van der Waals surface area contributed by atoms with Gasteiger partial charge in [-0.1, -0.05) is 48.5 Å². The molecule has 0 aliphatic rings. The maximum Gasteiger partial charge on any atom is 0.242 e. The Morgan fingerprint density at radius 1 is 1.00 bits per heavy atom. The van der Waals surface area contributed by atoms with Crippen LogP contribution in [0.5, 0.6) is 5.75 Å². The lowest BCUT2D eigenvalue weighted by atomic mass is 10.1. The van der Waals surface area contributed by atoms with Crippen molar-refractivity contribution in [3.63, 3.8) is 0 Å². The molecule has 2 rings (SSSR count). The SMILES string of the molecule is C[C@@H](C(=O)NC(C)(C)C)N(Cc1ccccc1)C(=O)CCCOc1ccccc1. The highest BCUT2D eigenvalue weighted by Crippen LogP contribution is 2.14. The molecule has 0 radical (unpaired) electrons. The summed E-state index contributed by atoms with van der Waals surface area (Å²) in [5.74, 6) is 0.586. The maximum atomic E-state index is 13.0. The van der Waals surface area contributed by atoms with Crippen molar-refractivity contribution in [1.29, 1.82) is 0 Å². The number of carbonyl (C=O) groups excluding carboxylic acids is 2. The Morgan fingerprint density at radius 2 is 1.59 bits per heavy atom. The van der Waals surface area contributed by atoms with Gasteiger partial charge in [0, 0.05) is 18.5 Å². The zero-order valence-corrected chi connectivity index (χ0v) is 17.9. The number of amides is 2. The van der Waals surface area contributed by atoms with Gasteiger partial charge >= 0.3 is 0 Å². The number of nitrogens with one attached hydrogen (secondary N) is 1. The van der Waals surface area contributed by atoms with Crippen molar-refractivity contribution in [1.82, 2.24) is 10.2 Å². The van der Waals surface area contributed by atoms with Crippen molar-refractivity contribution in [2.45, 2.75) is 58.7 Å². The van der Waals surface area contributed by atoms with Crippen LogP contribution in [-0.2, 0) is 16.1 Å². The number of benzene rings is 2. The third kappa shape index (κ3) is 7.98. The van der Waals surface area contributed by atoms with Gasteiger partial charge in [0.05, 0.1) is 6.61 Å². The maximum absolute atomic E-state index is 13.0. The van der Waals surface area contributed by atoms with Crippen LogP contribution in [0.15, 0.2) is 60.7 Å². The summed E-state index contributed by atoms with van der Waals surface area (Å²) in [6.07, 6.45) is 0.916. The van der Waals surface area contributed by atoms with Crippen molar-refractivity contribution in [2.24, 2.45) is 0 Å². The first-order valence-electron chi connectivity index (χ1n) is 10.1. The number of hydrogen-bond acceptors (Lipinski definition) is 3. The molecule has 5 heteroatoms. The van der Waals surface area contributed by atoms with Gasteiger partial charge in [0.1, 0.15) is 11.8 Å². The molecule has 0 aliphatic carbocycles. The van der Waals surface area contributed by atoms with Gasteiger partial charge in [-0.25, -0.2) is 0 Å². The molecule has 1 atom stereocenters. The molecule has 0 fully saturated rings. The Bertz CT molecular complexity index is 770. The van der Waals surface area contributed by atoms with E-state index in [9.17, 15) is 9.59 Å². The van der Waals surface area contributed by atoms with E-state index < -0.39 is 6.04 Å². The molecule has 0 aliphatic heterocycles. The summed E-state index contributed by atoms with van der Waals surface area (Å²) in [6.45, 7) is 8.43. The standard InChI is InChI=1S/C24H32N2O3/c1-19(23(28)25-24(2,3)4)26(18-20-12-7-5-8-13-20)22(27)16-11-17-29-21-14-9-6-10-15-21/h5-10,12-15,19H,11,16-18H2,1-4H3,(H,25,28)/t19-/m0/s1. The molecular formula is C24H32N2O3. The second-order valence-corrected chi connectivity index (χ2v) is 8.19. The van der Waals surface area contributed by atoms with Crippen LogP contribution in [0.1, 0.15) is 46.1 Å². The number of ether oxygens (including phenoxy) is 1. The molecule has 0 saturated heterocycles. The van der Waals surface area contributed by atoms with Crippen molar-refractivity contribution in [2.75, 3.05) is 6.61 Å². The molecule has 5 nitrogen and oxygen atoms in total. The fraction of sp³-hybridized carbons (Fsp3) is 0.417. The lowest BCUT2D eigenvalue weighted by molar-refractivity contribution is -0.141. The average Bonchev–Trinajstić information content (AvgIpc) is 2.69. The normalized spacial score (nSPS) is 12.1. The van der Waals surface area contributed by atoms with Crippen molar-refractivity contribution in [3.8, 4) is 5.75 Å². The molecule has 0 saturated carbocycles. The summed E-state index contributed by atoms with van der Waals surface area (Å²) in [5.41, 5.74) is 0.646. The molecule has 0 unspecified atom stereocenters. The third-order valence-electron chi connectivity index (χ3n) is 4.41. The molecule has 0 heterocycles. The van der Waals surface area contributed by atoms with E-state index in [4.69, 9.17) is 4.74 Å². The Balaban J connectivity index is 1.99. The van der Waals surface area contributed by atoms with Gasteiger partial charge < -0.3 is 15.0 Å². The predicted octanol–water partition coefficient (Wildman–Crippen LogP) is 4.18. The van der Waals surface area contributed by atoms with Gasteiger partial charge in [0.2, 0.25) is 11.8 Å². The van der Waals surface area contributed by atoms with Crippen LogP contribution < -0.4 is 10.1 Å². The molecule has 29 heavy (non-hydrogen) atoms. The van der Waals surface area contributed by atoms with Crippen molar-refractivity contribution in [3.05, 3.63) is 66.2 Å². The number of carbonyl (C=O) groups is 2. The summed E-state index contributed by atoms with van der Waals surface area (Å²) < 4.78 is 5.68. The van der Waals surface area contributed by atoms with Gasteiger partial charge in [-0.2, -0.15) is 0 Å².